The molecule has 0 aromatic carbocycles. The maximum atomic E-state index is 10.0. The van der Waals surface area contributed by atoms with Crippen molar-refractivity contribution in [1.29, 1.82) is 0 Å². The van der Waals surface area contributed by atoms with Crippen LogP contribution < -0.4 is 20.8 Å². The molecular weight excluding hydrogens is 316 g/mol. The Morgan fingerprint density at radius 3 is 1.14 bits per heavy atom. The molecule has 10 nitrogen and oxygen atoms in total. The molecule has 11 heteroatoms. The summed E-state index contributed by atoms with van der Waals surface area (Å²) in [6.07, 6.45) is -0.919. The zero-order valence-corrected chi connectivity index (χ0v) is 13.8. The van der Waals surface area contributed by atoms with Crippen molar-refractivity contribution in [2.45, 2.75) is 24.9 Å². The molecule has 0 aliphatic heterocycles. The summed E-state index contributed by atoms with van der Waals surface area (Å²) in [6.45, 7) is 0. The van der Waals surface area contributed by atoms with E-state index in [4.69, 9.17) is 10.2 Å². The zero-order chi connectivity index (χ0) is 16.3. The largest absolute Gasteiger partial charge is 2.00 e. The molecule has 0 heterocycles. The molecule has 0 unspecified atom stereocenters. The van der Waals surface area contributed by atoms with Crippen LogP contribution in [0.1, 0.15) is 12.8 Å². The summed E-state index contributed by atoms with van der Waals surface area (Å²) in [5.74, 6) is -5.12. The van der Waals surface area contributed by atoms with Gasteiger partial charge in [0.05, 0.1) is 36.9 Å². The van der Waals surface area contributed by atoms with Gasteiger partial charge >= 0.3 is 49.7 Å². The van der Waals surface area contributed by atoms with E-state index < -0.39 is 48.8 Å². The van der Waals surface area contributed by atoms with Gasteiger partial charge in [0.1, 0.15) is 0 Å². The van der Waals surface area contributed by atoms with Crippen molar-refractivity contribution in [3.8, 4) is 0 Å². The Kier molecular flexibility index (Phi) is 16.7. The first kappa shape index (κ1) is 25.0. The van der Waals surface area contributed by atoms with E-state index in [-0.39, 0.29) is 37.7 Å². The van der Waals surface area contributed by atoms with Crippen LogP contribution in [0.2, 0.25) is 0 Å². The van der Waals surface area contributed by atoms with Crippen molar-refractivity contribution >= 4 is 61.6 Å². The number of hydrogen-bond donors (Lipinski definition) is 4. The van der Waals surface area contributed by atoms with E-state index in [1.165, 1.54) is 14.1 Å². The zero-order valence-electron chi connectivity index (χ0n) is 11.6. The number of carbonyl (C=O) groups excluding carboxylic acids is 2. The van der Waals surface area contributed by atoms with Gasteiger partial charge in [-0.15, -0.1) is 0 Å². The smallest absolute Gasteiger partial charge is 0.548 e. The van der Waals surface area contributed by atoms with Crippen molar-refractivity contribution in [2.24, 2.45) is 0 Å². The second-order valence-electron chi connectivity index (χ2n) is 3.52. The van der Waals surface area contributed by atoms with Crippen molar-refractivity contribution < 1.29 is 39.6 Å². The topological polar surface area (TPSA) is 179 Å². The quantitative estimate of drug-likeness (QED) is 0.315. The first-order valence-electron chi connectivity index (χ1n) is 5.35. The molecule has 0 bridgehead atoms. The molecule has 0 aliphatic carbocycles. The van der Waals surface area contributed by atoms with Gasteiger partial charge in [0, 0.05) is 0 Å². The van der Waals surface area contributed by atoms with Gasteiger partial charge in [-0.25, -0.2) is 0 Å². The Hall–Kier alpha value is -0.940. The van der Waals surface area contributed by atoms with E-state index in [9.17, 15) is 29.4 Å². The molecule has 0 aliphatic rings. The fourth-order valence-corrected chi connectivity index (χ4v) is 0.956. The van der Waals surface area contributed by atoms with Gasteiger partial charge in [-0.1, -0.05) is 0 Å². The number of carboxylic acids is 4. The van der Waals surface area contributed by atoms with E-state index in [1.54, 1.807) is 0 Å². The number of likely N-dealkylation sites (N-methyl/N-ethyl adjacent to an activating group) is 2. The van der Waals surface area contributed by atoms with Crippen LogP contribution in [0, 0.1) is 0 Å². The summed E-state index contributed by atoms with van der Waals surface area (Å²) < 4.78 is 0. The number of hydrogen-bond acceptors (Lipinski definition) is 8. The third-order valence-corrected chi connectivity index (χ3v) is 2.02. The van der Waals surface area contributed by atoms with Gasteiger partial charge < -0.3 is 40.6 Å². The van der Waals surface area contributed by atoms with Crippen LogP contribution in [0.15, 0.2) is 0 Å². The van der Waals surface area contributed by atoms with E-state index in [0.29, 0.717) is 0 Å². The third kappa shape index (κ3) is 15.3. The second-order valence-corrected chi connectivity index (χ2v) is 3.52. The van der Waals surface area contributed by atoms with Crippen LogP contribution in [0.4, 0.5) is 0 Å². The molecule has 0 saturated carbocycles. The van der Waals surface area contributed by atoms with E-state index >= 15 is 0 Å². The van der Waals surface area contributed by atoms with E-state index in [2.05, 4.69) is 10.6 Å². The Balaban J connectivity index is -0.000000295. The SMILES string of the molecule is CN[C@H](CC(=O)O)C(=O)[O-].CN[C@H](CC(=O)O)C(=O)[O-].[Ca+2]. The molecule has 0 aromatic rings. The minimum Gasteiger partial charge on any atom is -0.548 e. The first-order valence-corrected chi connectivity index (χ1v) is 5.35. The van der Waals surface area contributed by atoms with Gasteiger partial charge in [0.15, 0.2) is 0 Å². The number of nitrogens with one attached hydrogen (secondary N) is 2. The molecule has 0 spiro atoms. The van der Waals surface area contributed by atoms with Crippen LogP contribution in [-0.4, -0.2) is 98.0 Å². The van der Waals surface area contributed by atoms with Crippen LogP contribution in [0.3, 0.4) is 0 Å². The average Bonchev–Trinajstić information content (AvgIpc) is 2.32. The van der Waals surface area contributed by atoms with E-state index in [1.807, 2.05) is 0 Å². The number of carbonyl (C=O) groups is 4. The van der Waals surface area contributed by atoms with Crippen molar-refractivity contribution in [3.05, 3.63) is 0 Å². The van der Waals surface area contributed by atoms with Gasteiger partial charge in [-0.2, -0.15) is 0 Å². The van der Waals surface area contributed by atoms with Crippen LogP contribution >= 0.6 is 0 Å². The fraction of sp³-hybridized carbons (Fsp3) is 0.600. The van der Waals surface area contributed by atoms with Crippen molar-refractivity contribution in [3.63, 3.8) is 0 Å². The molecule has 21 heavy (non-hydrogen) atoms. The van der Waals surface area contributed by atoms with Gasteiger partial charge in [0.2, 0.25) is 0 Å². The monoisotopic (exact) mass is 332 g/mol. The van der Waals surface area contributed by atoms with Crippen molar-refractivity contribution in [2.75, 3.05) is 14.1 Å². The first-order chi connectivity index (χ1) is 9.15. The van der Waals surface area contributed by atoms with Crippen LogP contribution in [0.25, 0.3) is 0 Å². The summed E-state index contributed by atoms with van der Waals surface area (Å²) >= 11 is 0. The predicted molar refractivity (Wildman–Crippen MR) is 66.0 cm³/mol. The molecule has 2 atom stereocenters. The summed E-state index contributed by atoms with van der Waals surface area (Å²) in [5.41, 5.74) is 0. The van der Waals surface area contributed by atoms with Crippen LogP contribution in [-0.2, 0) is 19.2 Å². The van der Waals surface area contributed by atoms with E-state index in [0.717, 1.165) is 0 Å². The Morgan fingerprint density at radius 2 is 1.10 bits per heavy atom. The number of carboxylic acid groups (broad SMARTS) is 4. The Labute approximate surface area is 150 Å². The average molecular weight is 332 g/mol. The molecule has 4 N–H and O–H groups in total. The molecule has 0 amide bonds. The predicted octanol–water partition coefficient (Wildman–Crippen LogP) is -4.78. The molecule has 0 saturated heterocycles. The number of rotatable bonds is 8. The maximum Gasteiger partial charge on any atom is 2.00 e. The van der Waals surface area contributed by atoms with Crippen LogP contribution in [0.5, 0.6) is 0 Å². The number of aliphatic carboxylic acids is 4. The summed E-state index contributed by atoms with van der Waals surface area (Å²) in [7, 11) is 2.73. The molecule has 0 radical (unpaired) electrons. The molecule has 116 valence electrons. The summed E-state index contributed by atoms with van der Waals surface area (Å²) in [4.78, 5) is 39.9. The molecule has 0 aromatic heterocycles. The minimum atomic E-state index is -1.40. The van der Waals surface area contributed by atoms with Gasteiger partial charge in [-0.3, -0.25) is 9.59 Å². The summed E-state index contributed by atoms with van der Waals surface area (Å²) in [5, 5.41) is 40.9. The maximum absolute atomic E-state index is 10.0. The minimum absolute atomic E-state index is 0. The normalized spacial score (nSPS) is 11.9. The Bertz CT molecular complexity index is 329. The fourth-order valence-electron chi connectivity index (χ4n) is 0.956. The van der Waals surface area contributed by atoms with Crippen molar-refractivity contribution in [1.82, 2.24) is 10.6 Å². The third-order valence-electron chi connectivity index (χ3n) is 2.02. The Morgan fingerprint density at radius 1 is 0.857 bits per heavy atom. The van der Waals surface area contributed by atoms with Gasteiger partial charge in [0.25, 0.3) is 0 Å². The summed E-state index contributed by atoms with van der Waals surface area (Å²) in [6, 6.07) is -2.20. The second kappa shape index (κ2) is 14.0. The standard InChI is InChI=1S/2C5H9NO4.Ca/c2*1-6-3(5(9)10)2-4(7)8;/h2*3,6H,2H2,1H3,(H,7,8)(H,9,10);/q;;+2/p-2/t2*3-;/m11./s1. The van der Waals surface area contributed by atoms with Gasteiger partial charge in [-0.05, 0) is 14.1 Å². The molecular formula is C10H16CaN2O8. The molecule has 0 fully saturated rings. The molecule has 0 rings (SSSR count).